The summed E-state index contributed by atoms with van der Waals surface area (Å²) in [6.07, 6.45) is -6.05. The van der Waals surface area contributed by atoms with Crippen LogP contribution in [0.5, 0.6) is 0 Å². The maximum Gasteiger partial charge on any atom is 0.411 e. The first-order valence-corrected chi connectivity index (χ1v) is 5.78. The number of fused-ring (bicyclic) bond motifs is 1. The van der Waals surface area contributed by atoms with Gasteiger partial charge in [0, 0.05) is 0 Å². The molecule has 0 amide bonds. The summed E-state index contributed by atoms with van der Waals surface area (Å²) in [4.78, 5) is 11.8. The Balaban J connectivity index is 2.32. The summed E-state index contributed by atoms with van der Waals surface area (Å²) in [5.74, 6) is -0.521. The van der Waals surface area contributed by atoms with Crippen LogP contribution in [0, 0.1) is 6.92 Å². The first kappa shape index (κ1) is 13.9. The van der Waals surface area contributed by atoms with E-state index in [1.807, 2.05) is 0 Å². The van der Waals surface area contributed by atoms with Crippen LogP contribution in [-0.2, 0) is 9.47 Å². The van der Waals surface area contributed by atoms with Crippen LogP contribution in [0.15, 0.2) is 18.2 Å². The molecule has 6 heteroatoms. The van der Waals surface area contributed by atoms with E-state index in [0.717, 1.165) is 0 Å². The molecule has 0 saturated carbocycles. The standard InChI is InChI=1S/C13H13F3O3/c1-7-4-3-5-9-10(7)12(17)19-8(2)11(9)18-6-13(14,15)16/h3-5,8,11H,6H2,1-2H3/t8-,11+/m0/s1. The van der Waals surface area contributed by atoms with Gasteiger partial charge in [-0.15, -0.1) is 0 Å². The highest BCUT2D eigenvalue weighted by molar-refractivity contribution is 5.94. The lowest BCUT2D eigenvalue weighted by atomic mass is 9.93. The number of halogens is 3. The molecule has 0 saturated heterocycles. The third-order valence-electron chi connectivity index (χ3n) is 2.96. The van der Waals surface area contributed by atoms with Crippen LogP contribution >= 0.6 is 0 Å². The van der Waals surface area contributed by atoms with Crippen LogP contribution in [0.3, 0.4) is 0 Å². The first-order valence-electron chi connectivity index (χ1n) is 5.78. The van der Waals surface area contributed by atoms with E-state index >= 15 is 0 Å². The summed E-state index contributed by atoms with van der Waals surface area (Å²) in [6.45, 7) is 1.86. The number of hydrogen-bond acceptors (Lipinski definition) is 3. The summed E-state index contributed by atoms with van der Waals surface area (Å²) in [5, 5.41) is 0. The zero-order chi connectivity index (χ0) is 14.2. The van der Waals surface area contributed by atoms with E-state index in [2.05, 4.69) is 0 Å². The van der Waals surface area contributed by atoms with Gasteiger partial charge >= 0.3 is 12.1 Å². The van der Waals surface area contributed by atoms with Gasteiger partial charge in [-0.2, -0.15) is 13.2 Å². The Kier molecular flexibility index (Phi) is 3.54. The predicted octanol–water partition coefficient (Wildman–Crippen LogP) is 3.17. The summed E-state index contributed by atoms with van der Waals surface area (Å²) >= 11 is 0. The molecule has 0 spiro atoms. The van der Waals surface area contributed by atoms with E-state index < -0.39 is 31.0 Å². The van der Waals surface area contributed by atoms with Crippen molar-refractivity contribution in [1.82, 2.24) is 0 Å². The smallest absolute Gasteiger partial charge is 0.411 e. The normalized spacial score (nSPS) is 22.9. The van der Waals surface area contributed by atoms with Crippen LogP contribution in [0.2, 0.25) is 0 Å². The van der Waals surface area contributed by atoms with Gasteiger partial charge < -0.3 is 9.47 Å². The van der Waals surface area contributed by atoms with Gasteiger partial charge in [-0.3, -0.25) is 0 Å². The Morgan fingerprint density at radius 3 is 2.68 bits per heavy atom. The molecule has 0 unspecified atom stereocenters. The number of alkyl halides is 3. The lowest BCUT2D eigenvalue weighted by Crippen LogP contribution is -2.34. The summed E-state index contributed by atoms with van der Waals surface area (Å²) in [7, 11) is 0. The van der Waals surface area contributed by atoms with Crippen molar-refractivity contribution >= 4 is 5.97 Å². The van der Waals surface area contributed by atoms with Crippen molar-refractivity contribution in [3.05, 3.63) is 34.9 Å². The molecule has 1 aliphatic heterocycles. The van der Waals surface area contributed by atoms with Gasteiger partial charge in [0.2, 0.25) is 0 Å². The highest BCUT2D eigenvalue weighted by Gasteiger charge is 2.37. The minimum absolute atomic E-state index is 0.299. The minimum Gasteiger partial charge on any atom is -0.456 e. The average Bonchev–Trinajstić information content (AvgIpc) is 2.26. The molecule has 0 bridgehead atoms. The average molecular weight is 274 g/mol. The maximum absolute atomic E-state index is 12.2. The van der Waals surface area contributed by atoms with E-state index in [9.17, 15) is 18.0 Å². The number of esters is 1. The van der Waals surface area contributed by atoms with E-state index in [4.69, 9.17) is 9.47 Å². The number of ether oxygens (including phenoxy) is 2. The highest BCUT2D eigenvalue weighted by atomic mass is 19.4. The molecule has 2 atom stereocenters. The molecule has 0 fully saturated rings. The van der Waals surface area contributed by atoms with Crippen LogP contribution in [0.25, 0.3) is 0 Å². The number of cyclic esters (lactones) is 1. The van der Waals surface area contributed by atoms with Crippen LogP contribution in [-0.4, -0.2) is 24.9 Å². The topological polar surface area (TPSA) is 35.5 Å². The van der Waals surface area contributed by atoms with Crippen molar-refractivity contribution in [2.75, 3.05) is 6.61 Å². The third-order valence-corrected chi connectivity index (χ3v) is 2.96. The van der Waals surface area contributed by atoms with Crippen molar-refractivity contribution in [2.24, 2.45) is 0 Å². The molecule has 0 radical (unpaired) electrons. The largest absolute Gasteiger partial charge is 0.456 e. The van der Waals surface area contributed by atoms with Gasteiger partial charge in [-0.25, -0.2) is 4.79 Å². The van der Waals surface area contributed by atoms with Crippen LogP contribution in [0.1, 0.15) is 34.5 Å². The van der Waals surface area contributed by atoms with Crippen molar-refractivity contribution in [1.29, 1.82) is 0 Å². The maximum atomic E-state index is 12.2. The zero-order valence-corrected chi connectivity index (χ0v) is 10.5. The van der Waals surface area contributed by atoms with Crippen molar-refractivity contribution < 1.29 is 27.4 Å². The van der Waals surface area contributed by atoms with E-state index in [1.165, 1.54) is 6.92 Å². The Morgan fingerprint density at radius 2 is 2.05 bits per heavy atom. The Labute approximate surface area is 108 Å². The lowest BCUT2D eigenvalue weighted by molar-refractivity contribution is -0.196. The van der Waals surface area contributed by atoms with Crippen molar-refractivity contribution in [2.45, 2.75) is 32.2 Å². The molecule has 1 heterocycles. The van der Waals surface area contributed by atoms with E-state index in [1.54, 1.807) is 25.1 Å². The van der Waals surface area contributed by atoms with E-state index in [-0.39, 0.29) is 0 Å². The van der Waals surface area contributed by atoms with Gasteiger partial charge in [0.1, 0.15) is 18.8 Å². The summed E-state index contributed by atoms with van der Waals surface area (Å²) in [5.41, 5.74) is 1.41. The minimum atomic E-state index is -4.41. The number of carbonyl (C=O) groups is 1. The Morgan fingerprint density at radius 1 is 1.37 bits per heavy atom. The number of rotatable bonds is 2. The third kappa shape index (κ3) is 2.89. The van der Waals surface area contributed by atoms with Gasteiger partial charge in [0.25, 0.3) is 0 Å². The molecule has 0 aliphatic carbocycles. The van der Waals surface area contributed by atoms with Crippen LogP contribution in [0.4, 0.5) is 13.2 Å². The Hall–Kier alpha value is -1.56. The molecule has 0 aromatic heterocycles. The quantitative estimate of drug-likeness (QED) is 0.777. The van der Waals surface area contributed by atoms with Gasteiger partial charge in [-0.05, 0) is 25.0 Å². The number of hydrogen-bond donors (Lipinski definition) is 0. The molecule has 3 nitrogen and oxygen atoms in total. The predicted molar refractivity (Wildman–Crippen MR) is 60.8 cm³/mol. The molecular formula is C13H13F3O3. The molecular weight excluding hydrogens is 261 g/mol. The fourth-order valence-electron chi connectivity index (χ4n) is 2.16. The van der Waals surface area contributed by atoms with Gasteiger partial charge in [-0.1, -0.05) is 18.2 Å². The van der Waals surface area contributed by atoms with Gasteiger partial charge in [0.15, 0.2) is 0 Å². The first-order chi connectivity index (χ1) is 8.79. The lowest BCUT2D eigenvalue weighted by Gasteiger charge is -2.31. The zero-order valence-electron chi connectivity index (χ0n) is 10.5. The van der Waals surface area contributed by atoms with Crippen LogP contribution < -0.4 is 0 Å². The van der Waals surface area contributed by atoms with Crippen molar-refractivity contribution in [3.8, 4) is 0 Å². The Bertz CT molecular complexity index is 496. The van der Waals surface area contributed by atoms with Crippen molar-refractivity contribution in [3.63, 3.8) is 0 Å². The second-order valence-electron chi connectivity index (χ2n) is 4.50. The number of aryl methyl sites for hydroxylation is 1. The van der Waals surface area contributed by atoms with E-state index in [0.29, 0.717) is 16.7 Å². The molecule has 104 valence electrons. The monoisotopic (exact) mass is 274 g/mol. The molecule has 1 aromatic rings. The second kappa shape index (κ2) is 4.85. The highest BCUT2D eigenvalue weighted by Crippen LogP contribution is 2.35. The fraction of sp³-hybridized carbons (Fsp3) is 0.462. The fourth-order valence-corrected chi connectivity index (χ4v) is 2.16. The number of carbonyl (C=O) groups excluding carboxylic acids is 1. The summed E-state index contributed by atoms with van der Waals surface area (Å²) < 4.78 is 46.6. The van der Waals surface area contributed by atoms with Gasteiger partial charge in [0.05, 0.1) is 5.56 Å². The molecule has 1 aromatic carbocycles. The SMILES string of the molecule is Cc1cccc2c1C(=O)O[C@@H](C)[C@H]2OCC(F)(F)F. The summed E-state index contributed by atoms with van der Waals surface area (Å²) in [6, 6.07) is 4.99. The number of benzene rings is 1. The second-order valence-corrected chi connectivity index (χ2v) is 4.50. The molecule has 2 rings (SSSR count). The molecule has 0 N–H and O–H groups in total. The molecule has 1 aliphatic rings. The molecule has 19 heavy (non-hydrogen) atoms.